The highest BCUT2D eigenvalue weighted by Crippen LogP contribution is 2.12. The second-order valence-corrected chi connectivity index (χ2v) is 4.27. The third kappa shape index (κ3) is 2.65. The van der Waals surface area contributed by atoms with E-state index in [1.807, 2.05) is 60.7 Å². The predicted molar refractivity (Wildman–Crippen MR) is 71.1 cm³/mol. The maximum atomic E-state index is 5.63. The first-order valence-corrected chi connectivity index (χ1v) is 6.02. The topological polar surface area (TPSA) is 44.9 Å². The summed E-state index contributed by atoms with van der Waals surface area (Å²) >= 11 is 0. The van der Waals surface area contributed by atoms with Gasteiger partial charge in [0.15, 0.2) is 5.75 Å². The number of aryl methyl sites for hydroxylation is 1. The fourth-order valence-corrected chi connectivity index (χ4v) is 1.80. The van der Waals surface area contributed by atoms with Gasteiger partial charge in [0.25, 0.3) is 0 Å². The minimum absolute atomic E-state index is 0.485. The van der Waals surface area contributed by atoms with E-state index in [-0.39, 0.29) is 0 Å². The molecule has 0 saturated carbocycles. The molecule has 0 bridgehead atoms. The van der Waals surface area contributed by atoms with Gasteiger partial charge in [-0.15, -0.1) is 0 Å². The first-order chi connectivity index (χ1) is 9.31. The maximum absolute atomic E-state index is 5.63. The van der Waals surface area contributed by atoms with E-state index in [9.17, 15) is 0 Å². The molecule has 0 unspecified atom stereocenters. The number of hydrogen-bond donors (Lipinski definition) is 0. The van der Waals surface area contributed by atoms with Gasteiger partial charge in [0.05, 0.1) is 24.3 Å². The fourth-order valence-electron chi connectivity index (χ4n) is 1.80. The Morgan fingerprint density at radius 2 is 1.89 bits per heavy atom. The smallest absolute Gasteiger partial charge is 0.157 e. The van der Waals surface area contributed by atoms with Crippen molar-refractivity contribution in [2.75, 3.05) is 0 Å². The monoisotopic (exact) mass is 254 g/mol. The molecule has 19 heavy (non-hydrogen) atoms. The van der Waals surface area contributed by atoms with Crippen LogP contribution in [0, 0.1) is 0 Å². The Balaban J connectivity index is 1.68. The normalized spacial score (nSPS) is 10.6. The van der Waals surface area contributed by atoms with Gasteiger partial charge in [0.2, 0.25) is 0 Å². The van der Waals surface area contributed by atoms with Crippen molar-refractivity contribution in [3.05, 3.63) is 60.7 Å². The quantitative estimate of drug-likeness (QED) is 0.717. The molecule has 1 aromatic carbocycles. The summed E-state index contributed by atoms with van der Waals surface area (Å²) in [5, 5.41) is 8.37. The molecule has 3 rings (SSSR count). The van der Waals surface area contributed by atoms with E-state index in [0.29, 0.717) is 6.61 Å². The highest BCUT2D eigenvalue weighted by molar-refractivity contribution is 5.30. The molecular weight excluding hydrogens is 240 g/mol. The molecule has 0 aliphatic heterocycles. The Kier molecular flexibility index (Phi) is 3.02. The molecule has 5 heteroatoms. The molecule has 0 fully saturated rings. The zero-order valence-electron chi connectivity index (χ0n) is 10.6. The third-order valence-corrected chi connectivity index (χ3v) is 2.74. The number of benzene rings is 1. The van der Waals surface area contributed by atoms with Crippen LogP contribution in [-0.2, 0) is 13.7 Å². The van der Waals surface area contributed by atoms with Gasteiger partial charge in [0.1, 0.15) is 6.61 Å². The van der Waals surface area contributed by atoms with Crippen molar-refractivity contribution < 1.29 is 4.74 Å². The highest BCUT2D eigenvalue weighted by atomic mass is 16.5. The van der Waals surface area contributed by atoms with E-state index in [4.69, 9.17) is 4.74 Å². The summed E-state index contributed by atoms with van der Waals surface area (Å²) in [4.78, 5) is 0. The number of ether oxygens (including phenoxy) is 1. The SMILES string of the molecule is Cn1cc(OCc2cnn(-c3ccccc3)c2)cn1. The molecule has 96 valence electrons. The zero-order valence-corrected chi connectivity index (χ0v) is 10.6. The van der Waals surface area contributed by atoms with Gasteiger partial charge in [-0.3, -0.25) is 4.68 Å². The number of rotatable bonds is 4. The molecule has 2 aromatic heterocycles. The van der Waals surface area contributed by atoms with E-state index in [1.165, 1.54) is 0 Å². The summed E-state index contributed by atoms with van der Waals surface area (Å²) in [6.45, 7) is 0.485. The molecule has 0 saturated heterocycles. The van der Waals surface area contributed by atoms with Crippen LogP contribution < -0.4 is 4.74 Å². The van der Waals surface area contributed by atoms with E-state index >= 15 is 0 Å². The molecule has 3 aromatic rings. The second kappa shape index (κ2) is 4.97. The van der Waals surface area contributed by atoms with Crippen LogP contribution in [0.15, 0.2) is 55.1 Å². The number of aromatic nitrogens is 4. The van der Waals surface area contributed by atoms with Crippen LogP contribution in [0.1, 0.15) is 5.56 Å². The minimum atomic E-state index is 0.485. The first kappa shape index (κ1) is 11.5. The number of hydrogen-bond acceptors (Lipinski definition) is 3. The summed E-state index contributed by atoms with van der Waals surface area (Å²) in [6, 6.07) is 9.99. The van der Waals surface area contributed by atoms with Crippen molar-refractivity contribution >= 4 is 0 Å². The molecule has 0 amide bonds. The van der Waals surface area contributed by atoms with Crippen molar-refractivity contribution in [1.82, 2.24) is 19.6 Å². The molecule has 5 nitrogen and oxygen atoms in total. The second-order valence-electron chi connectivity index (χ2n) is 4.27. The van der Waals surface area contributed by atoms with Gasteiger partial charge in [-0.2, -0.15) is 10.2 Å². The van der Waals surface area contributed by atoms with Crippen molar-refractivity contribution in [3.63, 3.8) is 0 Å². The van der Waals surface area contributed by atoms with Crippen molar-refractivity contribution in [1.29, 1.82) is 0 Å². The predicted octanol–water partition coefficient (Wildman–Crippen LogP) is 2.18. The summed E-state index contributed by atoms with van der Waals surface area (Å²) in [5.41, 5.74) is 2.06. The standard InChI is InChI=1S/C14H14N4O/c1-17-10-14(8-15-17)19-11-12-7-16-18(9-12)13-5-3-2-4-6-13/h2-10H,11H2,1H3. The number of para-hydroxylation sites is 1. The molecule has 0 atom stereocenters. The Morgan fingerprint density at radius 3 is 2.63 bits per heavy atom. The van der Waals surface area contributed by atoms with Gasteiger partial charge in [0, 0.05) is 18.8 Å². The molecular formula is C14H14N4O. The molecule has 0 aliphatic carbocycles. The van der Waals surface area contributed by atoms with Crippen LogP contribution in [0.4, 0.5) is 0 Å². The molecule has 0 spiro atoms. The van der Waals surface area contributed by atoms with E-state index < -0.39 is 0 Å². The van der Waals surface area contributed by atoms with Crippen LogP contribution >= 0.6 is 0 Å². The minimum Gasteiger partial charge on any atom is -0.485 e. The van der Waals surface area contributed by atoms with Crippen LogP contribution in [0.3, 0.4) is 0 Å². The van der Waals surface area contributed by atoms with E-state index in [0.717, 1.165) is 17.0 Å². The molecule has 0 aliphatic rings. The lowest BCUT2D eigenvalue weighted by atomic mass is 10.3. The maximum Gasteiger partial charge on any atom is 0.157 e. The van der Waals surface area contributed by atoms with Gasteiger partial charge in [-0.1, -0.05) is 18.2 Å². The summed E-state index contributed by atoms with van der Waals surface area (Å²) < 4.78 is 9.17. The largest absolute Gasteiger partial charge is 0.485 e. The van der Waals surface area contributed by atoms with Crippen molar-refractivity contribution in [2.24, 2.45) is 7.05 Å². The van der Waals surface area contributed by atoms with Gasteiger partial charge < -0.3 is 4.74 Å². The summed E-state index contributed by atoms with van der Waals surface area (Å²) in [6.07, 6.45) is 7.30. The Labute approximate surface area is 111 Å². The third-order valence-electron chi connectivity index (χ3n) is 2.74. The molecule has 2 heterocycles. The van der Waals surface area contributed by atoms with Crippen LogP contribution in [0.2, 0.25) is 0 Å². The van der Waals surface area contributed by atoms with Gasteiger partial charge >= 0.3 is 0 Å². The van der Waals surface area contributed by atoms with E-state index in [2.05, 4.69) is 10.2 Å². The average molecular weight is 254 g/mol. The first-order valence-electron chi connectivity index (χ1n) is 6.02. The Hall–Kier alpha value is -2.56. The summed E-state index contributed by atoms with van der Waals surface area (Å²) in [5.74, 6) is 0.759. The van der Waals surface area contributed by atoms with E-state index in [1.54, 1.807) is 10.9 Å². The Morgan fingerprint density at radius 1 is 1.05 bits per heavy atom. The van der Waals surface area contributed by atoms with Crippen molar-refractivity contribution in [3.8, 4) is 11.4 Å². The fraction of sp³-hybridized carbons (Fsp3) is 0.143. The lowest BCUT2D eigenvalue weighted by molar-refractivity contribution is 0.306. The lowest BCUT2D eigenvalue weighted by Gasteiger charge is -2.00. The van der Waals surface area contributed by atoms with Gasteiger partial charge in [-0.25, -0.2) is 4.68 Å². The zero-order chi connectivity index (χ0) is 13.1. The molecule has 0 radical (unpaired) electrons. The lowest BCUT2D eigenvalue weighted by Crippen LogP contribution is -1.94. The van der Waals surface area contributed by atoms with Gasteiger partial charge in [-0.05, 0) is 12.1 Å². The van der Waals surface area contributed by atoms with Crippen molar-refractivity contribution in [2.45, 2.75) is 6.61 Å². The van der Waals surface area contributed by atoms with Crippen LogP contribution in [-0.4, -0.2) is 19.6 Å². The van der Waals surface area contributed by atoms with Crippen LogP contribution in [0.25, 0.3) is 5.69 Å². The highest BCUT2D eigenvalue weighted by Gasteiger charge is 2.02. The number of nitrogens with zero attached hydrogens (tertiary/aromatic N) is 4. The molecule has 0 N–H and O–H groups in total. The average Bonchev–Trinajstić information content (AvgIpc) is 3.06. The summed E-state index contributed by atoms with van der Waals surface area (Å²) in [7, 11) is 1.86. The Bertz CT molecular complexity index is 657. The van der Waals surface area contributed by atoms with Crippen LogP contribution in [0.5, 0.6) is 5.75 Å².